The number of hydrogen-bond acceptors (Lipinski definition) is 6. The third-order valence-electron chi connectivity index (χ3n) is 10.5. The van der Waals surface area contributed by atoms with Gasteiger partial charge in [-0.25, -0.2) is 15.0 Å². The first-order valence-electron chi connectivity index (χ1n) is 18.9. The first-order chi connectivity index (χ1) is 28.2. The van der Waals surface area contributed by atoms with Crippen LogP contribution < -0.4 is 4.90 Å². The molecule has 0 amide bonds. The second kappa shape index (κ2) is 13.8. The first-order valence-corrected chi connectivity index (χ1v) is 19.8. The monoisotopic (exact) mass is 748 g/mol. The molecule has 0 saturated heterocycles. The summed E-state index contributed by atoms with van der Waals surface area (Å²) in [7, 11) is 0. The molecule has 57 heavy (non-hydrogen) atoms. The van der Waals surface area contributed by atoms with Crippen LogP contribution in [-0.4, -0.2) is 15.0 Å². The van der Waals surface area contributed by atoms with Crippen LogP contribution in [0.15, 0.2) is 208 Å². The molecule has 1 aliphatic heterocycles. The van der Waals surface area contributed by atoms with Gasteiger partial charge in [0.05, 0.1) is 17.1 Å². The molecule has 0 atom stereocenters. The average molecular weight is 749 g/mol. The highest BCUT2D eigenvalue weighted by atomic mass is 32.2. The van der Waals surface area contributed by atoms with E-state index in [4.69, 9.17) is 19.4 Å². The van der Waals surface area contributed by atoms with Crippen molar-refractivity contribution in [2.45, 2.75) is 9.79 Å². The molecule has 11 rings (SSSR count). The Morgan fingerprint density at radius 1 is 0.386 bits per heavy atom. The van der Waals surface area contributed by atoms with E-state index in [1.807, 2.05) is 84.6 Å². The number of benzene rings is 8. The van der Waals surface area contributed by atoms with Crippen molar-refractivity contribution < 1.29 is 4.42 Å². The Hall–Kier alpha value is -7.28. The predicted octanol–water partition coefficient (Wildman–Crippen LogP) is 14.0. The van der Waals surface area contributed by atoms with Gasteiger partial charge in [0.25, 0.3) is 0 Å². The summed E-state index contributed by atoms with van der Waals surface area (Å²) in [6.07, 6.45) is 0. The molecule has 0 N–H and O–H groups in total. The van der Waals surface area contributed by atoms with E-state index >= 15 is 0 Å². The summed E-state index contributed by atoms with van der Waals surface area (Å²) < 4.78 is 6.93. The molecular formula is C51H32N4OS. The molecule has 5 nitrogen and oxygen atoms in total. The van der Waals surface area contributed by atoms with Crippen molar-refractivity contribution in [3.63, 3.8) is 0 Å². The molecule has 8 aromatic carbocycles. The molecule has 2 aromatic heterocycles. The smallest absolute Gasteiger partial charge is 0.164 e. The van der Waals surface area contributed by atoms with Crippen LogP contribution in [0, 0.1) is 0 Å². The topological polar surface area (TPSA) is 55.1 Å². The average Bonchev–Trinajstić information content (AvgIpc) is 3.68. The van der Waals surface area contributed by atoms with E-state index in [1.165, 1.54) is 32.0 Å². The normalized spacial score (nSPS) is 12.1. The van der Waals surface area contributed by atoms with Crippen LogP contribution >= 0.6 is 11.8 Å². The molecule has 268 valence electrons. The van der Waals surface area contributed by atoms with Gasteiger partial charge in [0.1, 0.15) is 5.58 Å². The molecule has 0 spiro atoms. The van der Waals surface area contributed by atoms with Crippen molar-refractivity contribution in [1.82, 2.24) is 15.0 Å². The summed E-state index contributed by atoms with van der Waals surface area (Å²) in [5.74, 6) is 1.83. The van der Waals surface area contributed by atoms with E-state index in [9.17, 15) is 0 Å². The highest BCUT2D eigenvalue weighted by Crippen LogP contribution is 2.55. The van der Waals surface area contributed by atoms with Gasteiger partial charge in [-0.15, -0.1) is 0 Å². The Morgan fingerprint density at radius 3 is 1.42 bits per heavy atom. The molecular weight excluding hydrogens is 717 g/mol. The standard InChI is InChI=1S/C51H32N4OS/c1-5-15-33(16-6-1)37-27-29-41-45(31-37)57-46-32-38(34-17-7-2-8-18-34)28-30-42(46)55(41)43-25-13-23-39-47-40(24-14-26-44(47)56-48(39)43)51-53-49(35-19-9-3-10-20-35)52-50(54-51)36-21-11-4-12-22-36/h1-32H. The van der Waals surface area contributed by atoms with Crippen LogP contribution in [0.5, 0.6) is 0 Å². The van der Waals surface area contributed by atoms with Gasteiger partial charge in [-0.3, -0.25) is 0 Å². The third-order valence-corrected chi connectivity index (χ3v) is 11.6. The minimum Gasteiger partial charge on any atom is -0.454 e. The summed E-state index contributed by atoms with van der Waals surface area (Å²) in [6, 6.07) is 67.4. The minimum atomic E-state index is 0.591. The maximum atomic E-state index is 6.93. The van der Waals surface area contributed by atoms with Crippen molar-refractivity contribution >= 4 is 50.8 Å². The number of nitrogens with zero attached hydrogens (tertiary/aromatic N) is 4. The molecule has 0 fully saturated rings. The minimum absolute atomic E-state index is 0.591. The molecule has 0 unspecified atom stereocenters. The van der Waals surface area contributed by atoms with E-state index in [2.05, 4.69) is 126 Å². The summed E-state index contributed by atoms with van der Waals surface area (Å²) in [4.78, 5) is 19.9. The van der Waals surface area contributed by atoms with E-state index in [1.54, 1.807) is 0 Å². The molecule has 1 aliphatic rings. The number of para-hydroxylation sites is 1. The molecule has 6 heteroatoms. The fourth-order valence-electron chi connectivity index (χ4n) is 7.81. The molecule has 0 bridgehead atoms. The molecule has 3 heterocycles. The van der Waals surface area contributed by atoms with Crippen molar-refractivity contribution in [2.75, 3.05) is 4.90 Å². The third kappa shape index (κ3) is 5.86. The maximum Gasteiger partial charge on any atom is 0.164 e. The van der Waals surface area contributed by atoms with Gasteiger partial charge in [0.2, 0.25) is 0 Å². The Morgan fingerprint density at radius 2 is 0.877 bits per heavy atom. The highest BCUT2D eigenvalue weighted by molar-refractivity contribution is 7.99. The van der Waals surface area contributed by atoms with Gasteiger partial charge >= 0.3 is 0 Å². The SMILES string of the molecule is c1ccc(-c2ccc3c(c2)Sc2cc(-c4ccccc4)ccc2N3c2cccc3c2oc2cccc(-c4nc(-c5ccccc5)nc(-c5ccccc5)n4)c23)cc1. The van der Waals surface area contributed by atoms with Crippen molar-refractivity contribution in [3.05, 3.63) is 194 Å². The maximum absolute atomic E-state index is 6.93. The van der Waals surface area contributed by atoms with Gasteiger partial charge in [-0.1, -0.05) is 169 Å². The lowest BCUT2D eigenvalue weighted by atomic mass is 10.0. The molecule has 0 saturated carbocycles. The van der Waals surface area contributed by atoms with Crippen LogP contribution in [0.25, 0.3) is 78.4 Å². The summed E-state index contributed by atoms with van der Waals surface area (Å²) in [6.45, 7) is 0. The zero-order chi connectivity index (χ0) is 37.7. The number of rotatable bonds is 6. The van der Waals surface area contributed by atoms with Gasteiger partial charge in [0, 0.05) is 37.3 Å². The van der Waals surface area contributed by atoms with E-state index in [-0.39, 0.29) is 0 Å². The van der Waals surface area contributed by atoms with Gasteiger partial charge < -0.3 is 9.32 Å². The molecule has 0 aliphatic carbocycles. The van der Waals surface area contributed by atoms with Crippen LogP contribution in [0.1, 0.15) is 0 Å². The van der Waals surface area contributed by atoms with Gasteiger partial charge in [0.15, 0.2) is 23.1 Å². The number of furan rings is 1. The van der Waals surface area contributed by atoms with Crippen LogP contribution in [0.3, 0.4) is 0 Å². The second-order valence-corrected chi connectivity index (χ2v) is 15.1. The number of anilines is 3. The lowest BCUT2D eigenvalue weighted by molar-refractivity contribution is 0.669. The van der Waals surface area contributed by atoms with Crippen molar-refractivity contribution in [1.29, 1.82) is 0 Å². The lowest BCUT2D eigenvalue weighted by Crippen LogP contribution is -2.15. The highest BCUT2D eigenvalue weighted by Gasteiger charge is 2.29. The second-order valence-electron chi connectivity index (χ2n) is 14.0. The Kier molecular flexibility index (Phi) is 8.00. The van der Waals surface area contributed by atoms with Crippen LogP contribution in [0.4, 0.5) is 17.1 Å². The first kappa shape index (κ1) is 33.1. The Balaban J connectivity index is 1.11. The summed E-state index contributed by atoms with van der Waals surface area (Å²) in [5.41, 5.74) is 12.2. The quantitative estimate of drug-likeness (QED) is 0.169. The van der Waals surface area contributed by atoms with Crippen LogP contribution in [0.2, 0.25) is 0 Å². The van der Waals surface area contributed by atoms with E-state index in [0.717, 1.165) is 55.7 Å². The fraction of sp³-hybridized carbons (Fsp3) is 0. The molecule has 10 aromatic rings. The summed E-state index contributed by atoms with van der Waals surface area (Å²) >= 11 is 1.81. The zero-order valence-corrected chi connectivity index (χ0v) is 31.4. The van der Waals surface area contributed by atoms with Crippen molar-refractivity contribution in [2.24, 2.45) is 0 Å². The number of hydrogen-bond donors (Lipinski definition) is 0. The Labute approximate surface area is 334 Å². The largest absolute Gasteiger partial charge is 0.454 e. The van der Waals surface area contributed by atoms with Gasteiger partial charge in [-0.2, -0.15) is 0 Å². The fourth-order valence-corrected chi connectivity index (χ4v) is 8.95. The predicted molar refractivity (Wildman–Crippen MR) is 233 cm³/mol. The summed E-state index contributed by atoms with van der Waals surface area (Å²) in [5, 5.41) is 1.95. The number of aromatic nitrogens is 3. The van der Waals surface area contributed by atoms with Gasteiger partial charge in [-0.05, 0) is 58.7 Å². The van der Waals surface area contributed by atoms with E-state index < -0.39 is 0 Å². The zero-order valence-electron chi connectivity index (χ0n) is 30.6. The van der Waals surface area contributed by atoms with Crippen LogP contribution in [-0.2, 0) is 0 Å². The lowest BCUT2D eigenvalue weighted by Gasteiger charge is -2.33. The molecule has 0 radical (unpaired) electrons. The number of fused-ring (bicyclic) bond motifs is 5. The van der Waals surface area contributed by atoms with E-state index in [0.29, 0.717) is 17.5 Å². The van der Waals surface area contributed by atoms with Crippen molar-refractivity contribution in [3.8, 4) is 56.4 Å². The Bertz CT molecular complexity index is 2950.